The second-order valence-electron chi connectivity index (χ2n) is 30.8. The number of carbonyl (C=O) groups excluding carboxylic acids is 1. The number of hydrogen-bond acceptors (Lipinski definition) is 4. The maximum atomic E-state index is 13.4. The summed E-state index contributed by atoms with van der Waals surface area (Å²) in [5.74, 6) is 1.02. The molecule has 0 radical (unpaired) electrons. The van der Waals surface area contributed by atoms with Crippen molar-refractivity contribution in [3.05, 3.63) is 159 Å². The van der Waals surface area contributed by atoms with E-state index in [4.69, 9.17) is 9.97 Å². The minimum absolute atomic E-state index is 0.0521. The summed E-state index contributed by atoms with van der Waals surface area (Å²) in [6.07, 6.45) is 18.7. The van der Waals surface area contributed by atoms with Crippen LogP contribution in [0.15, 0.2) is 103 Å². The Balaban J connectivity index is 1.36. The minimum Gasteiger partial charge on any atom is -0.354 e. The van der Waals surface area contributed by atoms with Crippen LogP contribution in [0.2, 0.25) is 0 Å². The van der Waals surface area contributed by atoms with Crippen molar-refractivity contribution in [1.82, 2.24) is 19.9 Å². The third kappa shape index (κ3) is 14.8. The SMILES string of the molecule is CC(C)(C)c1cc(-c2c3nc(c(-c4cc(C(C)(C)C)cc(C(C)(C)C)c4)c4ccc([nH]4)c(-c4cc(C(C)(C)C)cc(C(C)(C)C)c4)c4nc(c(-c5ccc(NC(=O)CCCCCCCCCCS)cc5)c5ccc2[nH]5)C=C4)C=C3)cc(C(C)(C)C)c1. The molecule has 2 aliphatic rings. The standard InChI is InChI=1S/C79H99N5OS/c1-74(2,3)54-41-51(42-55(47-54)75(4,5)6)71-63-34-32-61(81-63)70(50-28-30-60(31-29-50)80-69(85)27-25-23-21-19-20-22-24-26-40-86)62-33-35-64(82-62)72(52-43-56(76(7,8)9)48-57(44-52)77(10,11)12)66-37-39-68(84-66)73(67-38-36-65(71)83-67)53-45-58(78(13,14)15)49-59(46-53)79(16,17)18/h28-39,41-49,81,84,86H,19-27,40H2,1-18H3,(H,80,85). The van der Waals surface area contributed by atoms with Gasteiger partial charge in [-0.25, -0.2) is 9.97 Å². The van der Waals surface area contributed by atoms with Crippen LogP contribution in [0.3, 0.4) is 0 Å². The molecule has 2 aliphatic heterocycles. The number of nitrogens with one attached hydrogen (secondary N) is 3. The highest BCUT2D eigenvalue weighted by Crippen LogP contribution is 2.44. The molecule has 4 aromatic carbocycles. The van der Waals surface area contributed by atoms with E-state index in [1.807, 2.05) is 12.1 Å². The Labute approximate surface area is 522 Å². The molecule has 6 nitrogen and oxygen atoms in total. The zero-order chi connectivity index (χ0) is 62.3. The van der Waals surface area contributed by atoms with Gasteiger partial charge < -0.3 is 15.3 Å². The largest absolute Gasteiger partial charge is 0.354 e. The molecule has 5 heterocycles. The van der Waals surface area contributed by atoms with Crippen molar-refractivity contribution in [3.8, 4) is 44.5 Å². The predicted molar refractivity (Wildman–Crippen MR) is 377 cm³/mol. The molecule has 0 spiro atoms. The molecule has 0 saturated heterocycles. The number of carbonyl (C=O) groups is 1. The maximum Gasteiger partial charge on any atom is 0.224 e. The molecule has 7 heteroatoms. The average molecular weight is 1170 g/mol. The highest BCUT2D eigenvalue weighted by molar-refractivity contribution is 7.80. The van der Waals surface area contributed by atoms with E-state index in [1.165, 1.54) is 71.9 Å². The lowest BCUT2D eigenvalue weighted by Gasteiger charge is -2.26. The molecular formula is C79H99N5OS. The van der Waals surface area contributed by atoms with Gasteiger partial charge in [-0.3, -0.25) is 4.79 Å². The Morgan fingerprint density at radius 3 is 0.907 bits per heavy atom. The summed E-state index contributed by atoms with van der Waals surface area (Å²) in [5, 5.41) is 3.22. The van der Waals surface area contributed by atoms with Crippen LogP contribution in [0, 0.1) is 0 Å². The average Bonchev–Trinajstić information content (AvgIpc) is 1.57. The molecule has 1 amide bonds. The van der Waals surface area contributed by atoms with Crippen LogP contribution in [-0.4, -0.2) is 31.6 Å². The lowest BCUT2D eigenvalue weighted by atomic mass is 9.78. The quantitative estimate of drug-likeness (QED) is 0.0609. The van der Waals surface area contributed by atoms with Gasteiger partial charge in [0.1, 0.15) is 0 Å². The molecule has 0 atom stereocenters. The van der Waals surface area contributed by atoms with E-state index in [0.29, 0.717) is 6.42 Å². The highest BCUT2D eigenvalue weighted by atomic mass is 32.1. The second kappa shape index (κ2) is 24.8. The predicted octanol–water partition coefficient (Wildman–Crippen LogP) is 22.5. The lowest BCUT2D eigenvalue weighted by Crippen LogP contribution is -2.16. The van der Waals surface area contributed by atoms with Gasteiger partial charge in [0.2, 0.25) is 5.91 Å². The summed E-state index contributed by atoms with van der Waals surface area (Å²) in [5.41, 5.74) is 23.4. The molecule has 0 fully saturated rings. The number of hydrogen-bond donors (Lipinski definition) is 4. The van der Waals surface area contributed by atoms with E-state index < -0.39 is 0 Å². The van der Waals surface area contributed by atoms with E-state index in [2.05, 4.69) is 268 Å². The van der Waals surface area contributed by atoms with E-state index in [-0.39, 0.29) is 38.4 Å². The Kier molecular flexibility index (Phi) is 18.4. The fourth-order valence-electron chi connectivity index (χ4n) is 11.7. The number of aromatic nitrogens is 4. The van der Waals surface area contributed by atoms with Crippen molar-refractivity contribution in [2.75, 3.05) is 11.1 Å². The van der Waals surface area contributed by atoms with Crippen LogP contribution in [0.25, 0.3) is 90.9 Å². The van der Waals surface area contributed by atoms with Crippen LogP contribution < -0.4 is 5.32 Å². The molecular weight excluding hydrogens is 1070 g/mol. The van der Waals surface area contributed by atoms with Gasteiger partial charge >= 0.3 is 0 Å². The van der Waals surface area contributed by atoms with Gasteiger partial charge in [-0.15, -0.1) is 0 Å². The van der Waals surface area contributed by atoms with Crippen molar-refractivity contribution in [2.45, 2.75) is 215 Å². The molecule has 452 valence electrons. The van der Waals surface area contributed by atoms with Gasteiger partial charge in [0.15, 0.2) is 0 Å². The van der Waals surface area contributed by atoms with Crippen molar-refractivity contribution >= 4 is 70.6 Å². The molecule has 0 saturated carbocycles. The second-order valence-corrected chi connectivity index (χ2v) is 31.3. The lowest BCUT2D eigenvalue weighted by molar-refractivity contribution is -0.116. The summed E-state index contributed by atoms with van der Waals surface area (Å²) in [6, 6.07) is 38.8. The molecule has 8 bridgehead atoms. The van der Waals surface area contributed by atoms with Crippen LogP contribution in [0.1, 0.15) is 239 Å². The Bertz CT molecular complexity index is 3700. The third-order valence-electron chi connectivity index (χ3n) is 17.4. The first kappa shape index (κ1) is 63.8. The van der Waals surface area contributed by atoms with Gasteiger partial charge in [-0.05, 0) is 167 Å². The van der Waals surface area contributed by atoms with Gasteiger partial charge in [-0.2, -0.15) is 12.6 Å². The van der Waals surface area contributed by atoms with Crippen molar-refractivity contribution in [1.29, 1.82) is 0 Å². The summed E-state index contributed by atoms with van der Waals surface area (Å²) in [7, 11) is 0. The monoisotopic (exact) mass is 1170 g/mol. The number of aromatic amines is 2. The maximum absolute atomic E-state index is 13.4. The molecule has 3 aromatic heterocycles. The molecule has 3 N–H and O–H groups in total. The van der Waals surface area contributed by atoms with E-state index >= 15 is 0 Å². The Hall–Kier alpha value is -6.70. The normalized spacial score (nSPS) is 13.2. The number of amides is 1. The van der Waals surface area contributed by atoms with Crippen LogP contribution in [0.5, 0.6) is 0 Å². The summed E-state index contributed by atoms with van der Waals surface area (Å²) in [4.78, 5) is 33.1. The smallest absolute Gasteiger partial charge is 0.224 e. The molecule has 9 rings (SSSR count). The van der Waals surface area contributed by atoms with Crippen LogP contribution in [0.4, 0.5) is 5.69 Å². The summed E-state index contributed by atoms with van der Waals surface area (Å²) in [6.45, 7) is 41.5. The van der Waals surface area contributed by atoms with Gasteiger partial charge in [0.25, 0.3) is 0 Å². The third-order valence-corrected chi connectivity index (χ3v) is 17.7. The van der Waals surface area contributed by atoms with Crippen LogP contribution >= 0.6 is 12.6 Å². The zero-order valence-corrected chi connectivity index (χ0v) is 56.3. The van der Waals surface area contributed by atoms with E-state index in [0.717, 1.165) is 114 Å². The van der Waals surface area contributed by atoms with E-state index in [9.17, 15) is 4.79 Å². The van der Waals surface area contributed by atoms with Crippen molar-refractivity contribution in [2.24, 2.45) is 0 Å². The fraction of sp³-hybridized carbons (Fsp3) is 0.430. The number of rotatable bonds is 15. The number of nitrogens with zero attached hydrogens (tertiary/aromatic N) is 2. The summed E-state index contributed by atoms with van der Waals surface area (Å²) >= 11 is 4.36. The van der Waals surface area contributed by atoms with Crippen molar-refractivity contribution in [3.63, 3.8) is 0 Å². The van der Waals surface area contributed by atoms with Gasteiger partial charge in [0, 0.05) is 56.4 Å². The zero-order valence-electron chi connectivity index (χ0n) is 55.4. The highest BCUT2D eigenvalue weighted by Gasteiger charge is 2.28. The summed E-state index contributed by atoms with van der Waals surface area (Å²) < 4.78 is 0. The Morgan fingerprint density at radius 2 is 0.628 bits per heavy atom. The minimum atomic E-state index is -0.118. The van der Waals surface area contributed by atoms with Crippen LogP contribution in [-0.2, 0) is 37.3 Å². The number of H-pyrrole nitrogens is 2. The first-order chi connectivity index (χ1) is 40.3. The number of thiol groups is 1. The molecule has 86 heavy (non-hydrogen) atoms. The van der Waals surface area contributed by atoms with Crippen molar-refractivity contribution < 1.29 is 4.79 Å². The molecule has 0 unspecified atom stereocenters. The van der Waals surface area contributed by atoms with Gasteiger partial charge in [-0.1, -0.05) is 230 Å². The number of fused-ring (bicyclic) bond motifs is 8. The Morgan fingerprint density at radius 1 is 0.360 bits per heavy atom. The first-order valence-electron chi connectivity index (χ1n) is 31.9. The molecule has 0 aliphatic carbocycles. The topological polar surface area (TPSA) is 86.5 Å². The molecule has 7 aromatic rings. The van der Waals surface area contributed by atoms with E-state index in [1.54, 1.807) is 0 Å². The fourth-order valence-corrected chi connectivity index (χ4v) is 12.0. The first-order valence-corrected chi connectivity index (χ1v) is 32.6. The van der Waals surface area contributed by atoms with Gasteiger partial charge in [0.05, 0.1) is 22.8 Å². The number of benzene rings is 4. The number of anilines is 1. The number of unbranched alkanes of at least 4 members (excludes halogenated alkanes) is 7.